The van der Waals surface area contributed by atoms with Crippen molar-refractivity contribution in [3.63, 3.8) is 0 Å². The Morgan fingerprint density at radius 3 is 2.56 bits per heavy atom. The highest BCUT2D eigenvalue weighted by Crippen LogP contribution is 2.35. The fourth-order valence-electron chi connectivity index (χ4n) is 6.40. The number of nitrogens with zero attached hydrogens (tertiary/aromatic N) is 7. The van der Waals surface area contributed by atoms with Gasteiger partial charge >= 0.3 is 0 Å². The lowest BCUT2D eigenvalue weighted by atomic mass is 9.96. The predicted molar refractivity (Wildman–Crippen MR) is 171 cm³/mol. The number of benzene rings is 1. The number of rotatable bonds is 8. The summed E-state index contributed by atoms with van der Waals surface area (Å²) in [5.74, 6) is 2.86. The fraction of sp³-hybridized carbons (Fsp3) is 0.469. The number of nitrogens with one attached hydrogen (secondary N) is 1. The Morgan fingerprint density at radius 1 is 1.00 bits per heavy atom. The number of aromatic nitrogens is 5. The zero-order valence-corrected chi connectivity index (χ0v) is 25.9. The maximum atomic E-state index is 12.0. The Morgan fingerprint density at radius 2 is 1.84 bits per heavy atom. The van der Waals surface area contributed by atoms with Crippen LogP contribution in [0.1, 0.15) is 74.0 Å². The molecule has 0 spiro atoms. The normalized spacial score (nSPS) is 20.1. The molecule has 11 heteroatoms. The summed E-state index contributed by atoms with van der Waals surface area (Å²) in [5.41, 5.74) is 2.98. The van der Waals surface area contributed by atoms with Gasteiger partial charge in [0.15, 0.2) is 17.3 Å². The quantitative estimate of drug-likeness (QED) is 0.223. The molecule has 3 aromatic heterocycles. The first kappa shape index (κ1) is 28.5. The van der Waals surface area contributed by atoms with E-state index < -0.39 is 0 Å². The number of pyridine rings is 1. The molecule has 5 heterocycles. The van der Waals surface area contributed by atoms with Crippen molar-refractivity contribution in [2.45, 2.75) is 69.9 Å². The van der Waals surface area contributed by atoms with Crippen molar-refractivity contribution in [2.75, 3.05) is 36.4 Å². The van der Waals surface area contributed by atoms with Gasteiger partial charge < -0.3 is 15.1 Å². The number of ketones is 1. The van der Waals surface area contributed by atoms with Crippen molar-refractivity contribution in [3.8, 4) is 11.3 Å². The van der Waals surface area contributed by atoms with Gasteiger partial charge in [0.1, 0.15) is 5.82 Å². The zero-order valence-electron chi connectivity index (χ0n) is 24.3. The summed E-state index contributed by atoms with van der Waals surface area (Å²) >= 11 is 12.9. The Labute approximate surface area is 261 Å². The van der Waals surface area contributed by atoms with Crippen molar-refractivity contribution in [2.24, 2.45) is 0 Å². The molecule has 2 aliphatic heterocycles. The van der Waals surface area contributed by atoms with Gasteiger partial charge in [-0.05, 0) is 81.9 Å². The third kappa shape index (κ3) is 6.08. The van der Waals surface area contributed by atoms with E-state index in [9.17, 15) is 4.79 Å². The molecule has 9 nitrogen and oxygen atoms in total. The van der Waals surface area contributed by atoms with Crippen LogP contribution in [0.4, 0.5) is 11.8 Å². The molecule has 1 N–H and O–H groups in total. The molecule has 2 saturated heterocycles. The molecule has 1 aromatic carbocycles. The van der Waals surface area contributed by atoms with Crippen LogP contribution >= 0.6 is 23.2 Å². The van der Waals surface area contributed by atoms with Crippen LogP contribution in [0.15, 0.2) is 42.6 Å². The average molecular weight is 620 g/mol. The second-order valence-electron chi connectivity index (χ2n) is 12.0. The van der Waals surface area contributed by atoms with E-state index >= 15 is 0 Å². The summed E-state index contributed by atoms with van der Waals surface area (Å²) in [7, 11) is 0. The monoisotopic (exact) mass is 618 g/mol. The second-order valence-corrected chi connectivity index (χ2v) is 12.8. The summed E-state index contributed by atoms with van der Waals surface area (Å²) < 4.78 is 1.92. The highest BCUT2D eigenvalue weighted by Gasteiger charge is 2.34. The summed E-state index contributed by atoms with van der Waals surface area (Å²) in [5, 5.41) is 9.79. The van der Waals surface area contributed by atoms with E-state index in [1.807, 2.05) is 41.8 Å². The van der Waals surface area contributed by atoms with Crippen LogP contribution in [0, 0.1) is 0 Å². The lowest BCUT2D eigenvalue weighted by Gasteiger charge is -2.34. The molecule has 3 aliphatic rings. The van der Waals surface area contributed by atoms with Crippen molar-refractivity contribution in [1.82, 2.24) is 29.5 Å². The second kappa shape index (κ2) is 12.0. The summed E-state index contributed by atoms with van der Waals surface area (Å²) in [6, 6.07) is 12.2. The fourth-order valence-corrected chi connectivity index (χ4v) is 6.91. The van der Waals surface area contributed by atoms with E-state index in [4.69, 9.17) is 38.3 Å². The number of carbonyl (C=O) groups is 1. The van der Waals surface area contributed by atoms with E-state index in [-0.39, 0.29) is 11.8 Å². The number of anilines is 2. The van der Waals surface area contributed by atoms with Crippen molar-refractivity contribution >= 4 is 46.4 Å². The first-order chi connectivity index (χ1) is 20.9. The minimum absolute atomic E-state index is 0.0966. The number of halogens is 2. The molecule has 7 rings (SSSR count). The van der Waals surface area contributed by atoms with Crippen LogP contribution in [0.2, 0.25) is 10.0 Å². The van der Waals surface area contributed by atoms with Crippen LogP contribution in [0.25, 0.3) is 16.9 Å². The first-order valence-corrected chi connectivity index (χ1v) is 16.2. The van der Waals surface area contributed by atoms with Crippen molar-refractivity contribution < 1.29 is 4.79 Å². The van der Waals surface area contributed by atoms with Gasteiger partial charge in [0, 0.05) is 65.9 Å². The van der Waals surface area contributed by atoms with E-state index in [0.717, 1.165) is 92.4 Å². The van der Waals surface area contributed by atoms with Gasteiger partial charge in [-0.1, -0.05) is 30.1 Å². The Hall–Kier alpha value is -3.27. The maximum absolute atomic E-state index is 12.0. The van der Waals surface area contributed by atoms with E-state index in [1.165, 1.54) is 12.8 Å². The van der Waals surface area contributed by atoms with Gasteiger partial charge in [-0.15, -0.1) is 5.10 Å². The summed E-state index contributed by atoms with van der Waals surface area (Å²) in [6.07, 6.45) is 8.96. The topological polar surface area (TPSA) is 91.5 Å². The molecule has 4 aromatic rings. The standard InChI is InChI=1S/C32H36Cl2N8O/c1-2-28(43)21-5-10-29(35-18-21)36-23-4-3-13-41(19-23)32-37-27(25-9-6-22(33)16-26(25)34)17-30-38-31(39-42(30)32)20-11-14-40(15-12-20)24-7-8-24/h5-6,9-10,16-18,20,23-24H,2-4,7-8,11-15,19H2,1H3,(H,35,36). The van der Waals surface area contributed by atoms with Crippen LogP contribution in [0.5, 0.6) is 0 Å². The summed E-state index contributed by atoms with van der Waals surface area (Å²) in [4.78, 5) is 31.7. The molecule has 1 unspecified atom stereocenters. The third-order valence-electron chi connectivity index (χ3n) is 8.95. The largest absolute Gasteiger partial charge is 0.366 e. The molecule has 43 heavy (non-hydrogen) atoms. The maximum Gasteiger partial charge on any atom is 0.229 e. The smallest absolute Gasteiger partial charge is 0.229 e. The number of hydrogen-bond acceptors (Lipinski definition) is 8. The van der Waals surface area contributed by atoms with Crippen molar-refractivity contribution in [3.05, 3.63) is 64.0 Å². The number of fused-ring (bicyclic) bond motifs is 1. The van der Waals surface area contributed by atoms with Gasteiger partial charge in [0.25, 0.3) is 0 Å². The summed E-state index contributed by atoms with van der Waals surface area (Å²) in [6.45, 7) is 5.67. The molecule has 1 saturated carbocycles. The van der Waals surface area contributed by atoms with Gasteiger partial charge in [0.2, 0.25) is 5.95 Å². The third-order valence-corrected chi connectivity index (χ3v) is 9.50. The Balaban J connectivity index is 1.19. The molecule has 224 valence electrons. The number of Topliss-reactive ketones (excluding diaryl/α,β-unsaturated/α-hetero) is 1. The minimum Gasteiger partial charge on any atom is -0.366 e. The molecule has 1 aliphatic carbocycles. The lowest BCUT2D eigenvalue weighted by molar-refractivity contribution is 0.0988. The zero-order chi connectivity index (χ0) is 29.5. The number of carbonyl (C=O) groups excluding carboxylic acids is 1. The molecule has 0 radical (unpaired) electrons. The molecular weight excluding hydrogens is 583 g/mol. The molecular formula is C32H36Cl2N8O. The van der Waals surface area contributed by atoms with Crippen LogP contribution < -0.4 is 10.2 Å². The molecule has 1 atom stereocenters. The highest BCUT2D eigenvalue weighted by molar-refractivity contribution is 6.36. The number of piperidine rings is 2. The van der Waals surface area contributed by atoms with Crippen LogP contribution in [-0.2, 0) is 0 Å². The van der Waals surface area contributed by atoms with Gasteiger partial charge in [-0.2, -0.15) is 4.52 Å². The van der Waals surface area contributed by atoms with Gasteiger partial charge in [-0.25, -0.2) is 15.0 Å². The van der Waals surface area contributed by atoms with Crippen LogP contribution in [0.3, 0.4) is 0 Å². The van der Waals surface area contributed by atoms with Crippen molar-refractivity contribution in [1.29, 1.82) is 0 Å². The Kier molecular flexibility index (Phi) is 7.97. The van der Waals surface area contributed by atoms with Gasteiger partial charge in [-0.3, -0.25) is 4.79 Å². The van der Waals surface area contributed by atoms with E-state index in [0.29, 0.717) is 27.9 Å². The molecule has 3 fully saturated rings. The highest BCUT2D eigenvalue weighted by atomic mass is 35.5. The average Bonchev–Trinajstić information content (AvgIpc) is 3.79. The van der Waals surface area contributed by atoms with Crippen LogP contribution in [-0.4, -0.2) is 73.5 Å². The molecule has 0 bridgehead atoms. The van der Waals surface area contributed by atoms with E-state index in [2.05, 4.69) is 20.1 Å². The lowest BCUT2D eigenvalue weighted by Crippen LogP contribution is -2.43. The first-order valence-electron chi connectivity index (χ1n) is 15.4. The van der Waals surface area contributed by atoms with Gasteiger partial charge in [0.05, 0.1) is 10.7 Å². The SMILES string of the molecule is CCC(=O)c1ccc(NC2CCCN(c3nc(-c4ccc(Cl)cc4Cl)cc4nc(C5CCN(C6CC6)CC5)nn34)C2)nc1. The number of likely N-dealkylation sites (tertiary alicyclic amines) is 1. The number of hydrogen-bond donors (Lipinski definition) is 1. The predicted octanol–water partition coefficient (Wildman–Crippen LogP) is 6.51. The van der Waals surface area contributed by atoms with E-state index in [1.54, 1.807) is 12.3 Å². The molecule has 0 amide bonds. The Bertz CT molecular complexity index is 1630. The minimum atomic E-state index is 0.0966.